The first-order valence-corrected chi connectivity index (χ1v) is 14.4. The van der Waals surface area contributed by atoms with Crippen LogP contribution < -0.4 is 35.6 Å². The van der Waals surface area contributed by atoms with E-state index in [-0.39, 0.29) is 28.8 Å². The van der Waals surface area contributed by atoms with Gasteiger partial charge in [0.2, 0.25) is 23.0 Å². The number of benzene rings is 1. The third kappa shape index (κ3) is 7.25. The van der Waals surface area contributed by atoms with Gasteiger partial charge in [0.15, 0.2) is 11.5 Å². The molecule has 1 aliphatic rings. The molecule has 0 saturated heterocycles. The van der Waals surface area contributed by atoms with Crippen LogP contribution >= 0.6 is 0 Å². The van der Waals surface area contributed by atoms with Gasteiger partial charge in [-0.25, -0.2) is 0 Å². The molecule has 2 atom stereocenters. The van der Waals surface area contributed by atoms with E-state index in [1.165, 1.54) is 6.92 Å². The molecule has 0 aliphatic heterocycles. The number of methoxy groups -OCH3 is 3. The number of amides is 2. The lowest BCUT2D eigenvalue weighted by Crippen LogP contribution is -2.41. The summed E-state index contributed by atoms with van der Waals surface area (Å²) in [5.41, 5.74) is 3.92. The number of hydrogen-bond acceptors (Lipinski definition) is 8. The monoisotopic (exact) mass is 588 g/mol. The third-order valence-corrected chi connectivity index (χ3v) is 7.46. The Kier molecular flexibility index (Phi) is 10.2. The van der Waals surface area contributed by atoms with Gasteiger partial charge >= 0.3 is 0 Å². The van der Waals surface area contributed by atoms with Crippen molar-refractivity contribution in [3.05, 3.63) is 75.7 Å². The molecule has 0 spiro atoms. The van der Waals surface area contributed by atoms with E-state index in [1.54, 1.807) is 45.9 Å². The van der Waals surface area contributed by atoms with Crippen molar-refractivity contribution < 1.29 is 23.8 Å². The Labute approximate surface area is 252 Å². The highest BCUT2D eigenvalue weighted by atomic mass is 16.5. The molecular formula is C33H40N4O6. The molecule has 1 aromatic heterocycles. The van der Waals surface area contributed by atoms with E-state index in [9.17, 15) is 14.4 Å². The highest BCUT2D eigenvalue weighted by molar-refractivity contribution is 5.86. The smallest absolute Gasteiger partial charge is 0.242 e. The molecule has 0 unspecified atom stereocenters. The Morgan fingerprint density at radius 2 is 1.81 bits per heavy atom. The van der Waals surface area contributed by atoms with Gasteiger partial charge in [0, 0.05) is 31.4 Å². The number of carbonyl (C=O) groups is 2. The van der Waals surface area contributed by atoms with Crippen LogP contribution in [0.2, 0.25) is 0 Å². The number of hydrogen-bond donors (Lipinski definition) is 3. The second-order valence-corrected chi connectivity index (χ2v) is 11.0. The lowest BCUT2D eigenvalue weighted by Gasteiger charge is -2.20. The number of pyridine rings is 1. The lowest BCUT2D eigenvalue weighted by atomic mass is 9.95. The van der Waals surface area contributed by atoms with Gasteiger partial charge < -0.3 is 30.2 Å². The van der Waals surface area contributed by atoms with Gasteiger partial charge in [0.25, 0.3) is 0 Å². The zero-order valence-electron chi connectivity index (χ0n) is 25.6. The predicted molar refractivity (Wildman–Crippen MR) is 166 cm³/mol. The summed E-state index contributed by atoms with van der Waals surface area (Å²) in [5, 5.41) is 9.20. The van der Waals surface area contributed by atoms with Gasteiger partial charge in [-0.05, 0) is 71.7 Å². The number of fused-ring (bicyclic) bond motifs is 3. The molecule has 0 bridgehead atoms. The lowest BCUT2D eigenvalue weighted by molar-refractivity contribution is -0.122. The minimum absolute atomic E-state index is 0.189. The van der Waals surface area contributed by atoms with Crippen LogP contribution in [0.15, 0.2) is 53.6 Å². The quantitative estimate of drug-likeness (QED) is 0.301. The fourth-order valence-corrected chi connectivity index (χ4v) is 5.53. The van der Waals surface area contributed by atoms with Gasteiger partial charge in [0.1, 0.15) is 6.04 Å². The van der Waals surface area contributed by atoms with Crippen LogP contribution in [0.1, 0.15) is 56.3 Å². The summed E-state index contributed by atoms with van der Waals surface area (Å²) in [5.74, 6) is 1.20. The number of nitrogens with one attached hydrogen (secondary N) is 3. The molecule has 1 heterocycles. The summed E-state index contributed by atoms with van der Waals surface area (Å²) < 4.78 is 17.1. The largest absolute Gasteiger partial charge is 0.493 e. The molecule has 0 saturated carbocycles. The summed E-state index contributed by atoms with van der Waals surface area (Å²) >= 11 is 0. The first kappa shape index (κ1) is 31.3. The Balaban J connectivity index is 1.81. The minimum atomic E-state index is -0.649. The van der Waals surface area contributed by atoms with Gasteiger partial charge in [0.05, 0.1) is 33.1 Å². The van der Waals surface area contributed by atoms with Crippen molar-refractivity contribution in [1.82, 2.24) is 15.6 Å². The summed E-state index contributed by atoms with van der Waals surface area (Å²) in [6.07, 6.45) is 5.05. The molecule has 10 heteroatoms. The zero-order chi connectivity index (χ0) is 31.1. The molecule has 0 fully saturated rings. The average molecular weight is 589 g/mol. The van der Waals surface area contributed by atoms with E-state index in [4.69, 9.17) is 14.2 Å². The van der Waals surface area contributed by atoms with Gasteiger partial charge in [-0.2, -0.15) is 0 Å². The maximum absolute atomic E-state index is 13.8. The highest BCUT2D eigenvalue weighted by Crippen LogP contribution is 2.50. The SMILES string of the molecule is COc1cc2c(c(OC)c1OC)-c1ccc(N[C@H](CC(C)C)C(=O)NCc3cccnc3)c(=O)cc1[C@H](NC(C)=O)CC2. The van der Waals surface area contributed by atoms with Crippen LogP contribution in [0, 0.1) is 5.92 Å². The first-order chi connectivity index (χ1) is 20.7. The van der Waals surface area contributed by atoms with Crippen molar-refractivity contribution in [3.8, 4) is 28.4 Å². The number of anilines is 1. The average Bonchev–Trinajstić information content (AvgIpc) is 3.23. The fourth-order valence-electron chi connectivity index (χ4n) is 5.53. The van der Waals surface area contributed by atoms with Crippen LogP contribution in [0.4, 0.5) is 5.69 Å². The Morgan fingerprint density at radius 3 is 2.44 bits per heavy atom. The highest BCUT2D eigenvalue weighted by Gasteiger charge is 2.30. The molecule has 10 nitrogen and oxygen atoms in total. The van der Waals surface area contributed by atoms with Crippen molar-refractivity contribution in [3.63, 3.8) is 0 Å². The molecule has 1 aliphatic carbocycles. The van der Waals surface area contributed by atoms with Crippen molar-refractivity contribution in [2.45, 2.75) is 58.7 Å². The van der Waals surface area contributed by atoms with Crippen molar-refractivity contribution in [2.75, 3.05) is 26.6 Å². The molecular weight excluding hydrogens is 548 g/mol. The summed E-state index contributed by atoms with van der Waals surface area (Å²) in [4.78, 5) is 43.4. The normalized spacial score (nSPS) is 14.4. The molecule has 228 valence electrons. The van der Waals surface area contributed by atoms with Crippen LogP contribution in [0.3, 0.4) is 0 Å². The molecule has 3 aromatic rings. The zero-order valence-corrected chi connectivity index (χ0v) is 25.6. The number of carbonyl (C=O) groups excluding carboxylic acids is 2. The molecule has 0 radical (unpaired) electrons. The van der Waals surface area contributed by atoms with Crippen LogP contribution in [0.5, 0.6) is 17.2 Å². The topological polar surface area (TPSA) is 128 Å². The second-order valence-electron chi connectivity index (χ2n) is 11.0. The number of rotatable bonds is 11. The first-order valence-electron chi connectivity index (χ1n) is 14.4. The maximum atomic E-state index is 13.8. The molecule has 4 rings (SSSR count). The minimum Gasteiger partial charge on any atom is -0.493 e. The van der Waals surface area contributed by atoms with Crippen LogP contribution in [-0.4, -0.2) is 44.2 Å². The predicted octanol–water partition coefficient (Wildman–Crippen LogP) is 4.40. The van der Waals surface area contributed by atoms with Gasteiger partial charge in [-0.1, -0.05) is 26.0 Å². The van der Waals surface area contributed by atoms with Crippen molar-refractivity contribution in [1.29, 1.82) is 0 Å². The Morgan fingerprint density at radius 1 is 1.05 bits per heavy atom. The van der Waals surface area contributed by atoms with Crippen molar-refractivity contribution in [2.24, 2.45) is 5.92 Å². The van der Waals surface area contributed by atoms with Crippen LogP contribution in [0.25, 0.3) is 11.1 Å². The van der Waals surface area contributed by atoms with Gasteiger partial charge in [-0.15, -0.1) is 0 Å². The number of ether oxygens (including phenoxy) is 3. The van der Waals surface area contributed by atoms with E-state index >= 15 is 0 Å². The fraction of sp³-hybridized carbons (Fsp3) is 0.394. The summed E-state index contributed by atoms with van der Waals surface area (Å²) in [6, 6.07) is 9.62. The molecule has 3 N–H and O–H groups in total. The van der Waals surface area contributed by atoms with E-state index in [1.807, 2.05) is 38.1 Å². The Hall–Kier alpha value is -4.60. The Bertz CT molecular complexity index is 1530. The second kappa shape index (κ2) is 14.0. The molecule has 43 heavy (non-hydrogen) atoms. The number of aromatic nitrogens is 1. The summed E-state index contributed by atoms with van der Waals surface area (Å²) in [6.45, 7) is 5.83. The van der Waals surface area contributed by atoms with Gasteiger partial charge in [-0.3, -0.25) is 19.4 Å². The molecule has 2 aromatic carbocycles. The molecule has 2 amide bonds. The van der Waals surface area contributed by atoms with Crippen LogP contribution in [-0.2, 0) is 22.6 Å². The van der Waals surface area contributed by atoms with E-state index in [0.29, 0.717) is 48.6 Å². The third-order valence-electron chi connectivity index (χ3n) is 7.46. The van der Waals surface area contributed by atoms with E-state index in [0.717, 1.165) is 22.3 Å². The summed E-state index contributed by atoms with van der Waals surface area (Å²) in [7, 11) is 4.67. The number of aryl methyl sites for hydroxylation is 1. The van der Waals surface area contributed by atoms with Crippen molar-refractivity contribution >= 4 is 17.5 Å². The standard InChI is InChI=1S/C33H40N4O6/c1-19(2)14-27(33(40)35-18-21-8-7-13-34-17-21)37-26-12-10-23-24(16-28(26)39)25(36-20(3)38)11-9-22-15-29(41-4)31(42-5)32(43-6)30(22)23/h7-8,10,12-13,15-17,19,25,27H,9,11,14,18H2,1-6H3,(H,35,40)(H,36,38)(H,37,39)/t25-,27-/m1/s1. The van der Waals surface area contributed by atoms with E-state index < -0.39 is 12.1 Å². The number of nitrogens with zero attached hydrogens (tertiary/aromatic N) is 1. The van der Waals surface area contributed by atoms with E-state index in [2.05, 4.69) is 20.9 Å². The maximum Gasteiger partial charge on any atom is 0.242 e.